The molecule has 1 unspecified atom stereocenters. The van der Waals surface area contributed by atoms with Crippen molar-refractivity contribution >= 4 is 34.1 Å². The average Bonchev–Trinajstić information content (AvgIpc) is 3.43. The number of amides is 1. The van der Waals surface area contributed by atoms with Crippen LogP contribution in [0.2, 0.25) is 5.02 Å². The number of pyridine rings is 1. The molecule has 40 heavy (non-hydrogen) atoms. The van der Waals surface area contributed by atoms with Gasteiger partial charge in [-0.1, -0.05) is 84.4 Å². The van der Waals surface area contributed by atoms with Crippen LogP contribution in [0.4, 0.5) is 0 Å². The standard InChI is InChI=1S/C33H26ClN3O3/c1-40-25-15-12-22(13-16-25)29-20-28(36-37(29)30(38)18-21-8-4-2-5-9-21)32-31(23-10-6-3-7-11-23)26-19-24(34)14-17-27(26)35-33(32)39/h2-17,19,29H,18,20H2,1H3,(H,35,39). The second-order valence-corrected chi connectivity index (χ2v) is 10.1. The van der Waals surface area contributed by atoms with Crippen LogP contribution in [0.3, 0.4) is 0 Å². The van der Waals surface area contributed by atoms with E-state index in [2.05, 4.69) is 4.98 Å². The van der Waals surface area contributed by atoms with Crippen molar-refractivity contribution in [2.45, 2.75) is 18.9 Å². The van der Waals surface area contributed by atoms with E-state index >= 15 is 0 Å². The number of benzene rings is 4. The number of nitrogens with zero attached hydrogens (tertiary/aromatic N) is 2. The zero-order valence-corrected chi connectivity index (χ0v) is 22.6. The molecule has 0 fully saturated rings. The number of H-pyrrole nitrogens is 1. The molecular weight excluding hydrogens is 522 g/mol. The first-order chi connectivity index (χ1) is 19.5. The lowest BCUT2D eigenvalue weighted by Crippen LogP contribution is -2.28. The van der Waals surface area contributed by atoms with Crippen molar-refractivity contribution < 1.29 is 9.53 Å². The fourth-order valence-electron chi connectivity index (χ4n) is 5.27. The predicted molar refractivity (Wildman–Crippen MR) is 159 cm³/mol. The summed E-state index contributed by atoms with van der Waals surface area (Å²) in [5, 5.41) is 7.75. The third kappa shape index (κ3) is 4.90. The maximum absolute atomic E-state index is 13.7. The van der Waals surface area contributed by atoms with Crippen LogP contribution in [0.15, 0.2) is 113 Å². The van der Waals surface area contributed by atoms with E-state index in [0.717, 1.165) is 33.4 Å². The topological polar surface area (TPSA) is 74.8 Å². The highest BCUT2D eigenvalue weighted by atomic mass is 35.5. The minimum absolute atomic E-state index is 0.149. The molecule has 0 saturated carbocycles. The van der Waals surface area contributed by atoms with Crippen molar-refractivity contribution in [1.82, 2.24) is 9.99 Å². The first-order valence-electron chi connectivity index (χ1n) is 13.0. The van der Waals surface area contributed by atoms with E-state index in [4.69, 9.17) is 21.4 Å². The number of carbonyl (C=O) groups is 1. The van der Waals surface area contributed by atoms with Crippen LogP contribution in [-0.2, 0) is 11.2 Å². The molecule has 0 radical (unpaired) electrons. The Kier molecular flexibility index (Phi) is 6.93. The van der Waals surface area contributed by atoms with E-state index in [9.17, 15) is 9.59 Å². The van der Waals surface area contributed by atoms with Gasteiger partial charge < -0.3 is 9.72 Å². The highest BCUT2D eigenvalue weighted by Gasteiger charge is 2.35. The van der Waals surface area contributed by atoms with Gasteiger partial charge >= 0.3 is 0 Å². The summed E-state index contributed by atoms with van der Waals surface area (Å²) in [6.07, 6.45) is 0.571. The van der Waals surface area contributed by atoms with Gasteiger partial charge in [-0.25, -0.2) is 5.01 Å². The Bertz CT molecular complexity index is 1780. The molecule has 2 heterocycles. The first kappa shape index (κ1) is 25.6. The van der Waals surface area contributed by atoms with Crippen LogP contribution in [0.5, 0.6) is 5.75 Å². The van der Waals surface area contributed by atoms with Gasteiger partial charge in [0.2, 0.25) is 5.91 Å². The van der Waals surface area contributed by atoms with Crippen LogP contribution >= 0.6 is 11.6 Å². The Morgan fingerprint density at radius 2 is 1.65 bits per heavy atom. The Balaban J connectivity index is 1.51. The van der Waals surface area contributed by atoms with Gasteiger partial charge in [0, 0.05) is 27.9 Å². The van der Waals surface area contributed by atoms with E-state index in [0.29, 0.717) is 28.2 Å². The Hall–Kier alpha value is -4.68. The molecule has 0 spiro atoms. The molecule has 1 N–H and O–H groups in total. The van der Waals surface area contributed by atoms with E-state index in [-0.39, 0.29) is 23.9 Å². The third-order valence-electron chi connectivity index (χ3n) is 7.19. The van der Waals surface area contributed by atoms with Crippen molar-refractivity contribution in [3.63, 3.8) is 0 Å². The average molecular weight is 548 g/mol. The molecule has 1 amide bonds. The number of rotatable bonds is 6. The molecule has 0 bridgehead atoms. The maximum Gasteiger partial charge on any atom is 0.258 e. The third-order valence-corrected chi connectivity index (χ3v) is 7.43. The van der Waals surface area contributed by atoms with E-state index in [1.54, 1.807) is 13.2 Å². The molecule has 198 valence electrons. The monoisotopic (exact) mass is 547 g/mol. The highest BCUT2D eigenvalue weighted by molar-refractivity contribution is 6.31. The Labute approximate surface area is 236 Å². The van der Waals surface area contributed by atoms with Crippen molar-refractivity contribution in [2.75, 3.05) is 7.11 Å². The highest BCUT2D eigenvalue weighted by Crippen LogP contribution is 2.38. The number of ether oxygens (including phenoxy) is 1. The number of aromatic amines is 1. The summed E-state index contributed by atoms with van der Waals surface area (Å²) in [6, 6.07) is 32.0. The smallest absolute Gasteiger partial charge is 0.258 e. The van der Waals surface area contributed by atoms with Crippen molar-refractivity contribution in [3.05, 3.63) is 135 Å². The zero-order chi connectivity index (χ0) is 27.6. The van der Waals surface area contributed by atoms with Gasteiger partial charge in [-0.3, -0.25) is 9.59 Å². The van der Waals surface area contributed by atoms with Crippen LogP contribution < -0.4 is 10.3 Å². The fourth-order valence-corrected chi connectivity index (χ4v) is 5.45. The van der Waals surface area contributed by atoms with Gasteiger partial charge in [-0.15, -0.1) is 0 Å². The predicted octanol–water partition coefficient (Wildman–Crippen LogP) is 6.78. The van der Waals surface area contributed by atoms with E-state index in [1.165, 1.54) is 5.01 Å². The number of fused-ring (bicyclic) bond motifs is 1. The number of halogens is 1. The number of aromatic nitrogens is 1. The van der Waals surface area contributed by atoms with Crippen LogP contribution in [0.1, 0.15) is 29.2 Å². The Morgan fingerprint density at radius 3 is 2.35 bits per heavy atom. The van der Waals surface area contributed by atoms with Gasteiger partial charge in [0.1, 0.15) is 5.75 Å². The molecule has 6 nitrogen and oxygen atoms in total. The molecule has 7 heteroatoms. The molecule has 1 aromatic heterocycles. The Morgan fingerprint density at radius 1 is 0.950 bits per heavy atom. The SMILES string of the molecule is COc1ccc(C2CC(c3c(-c4ccccc4)c4cc(Cl)ccc4[nH]c3=O)=NN2C(=O)Cc2ccccc2)cc1. The number of hydrogen-bond acceptors (Lipinski definition) is 4. The molecule has 0 saturated heterocycles. The molecule has 4 aromatic carbocycles. The van der Waals surface area contributed by atoms with Crippen molar-refractivity contribution in [2.24, 2.45) is 5.10 Å². The largest absolute Gasteiger partial charge is 0.497 e. The molecule has 1 aliphatic heterocycles. The van der Waals surface area contributed by atoms with Crippen LogP contribution in [0.25, 0.3) is 22.0 Å². The molecule has 5 aromatic rings. The van der Waals surface area contributed by atoms with Crippen molar-refractivity contribution in [3.8, 4) is 16.9 Å². The first-order valence-corrected chi connectivity index (χ1v) is 13.4. The quantitative estimate of drug-likeness (QED) is 0.255. The minimum atomic E-state index is -0.379. The minimum Gasteiger partial charge on any atom is -0.497 e. The summed E-state index contributed by atoms with van der Waals surface area (Å²) < 4.78 is 5.34. The number of hydrogen-bond donors (Lipinski definition) is 1. The number of hydrazone groups is 1. The van der Waals surface area contributed by atoms with Crippen LogP contribution in [0, 0.1) is 0 Å². The van der Waals surface area contributed by atoms with Gasteiger partial charge in [0.25, 0.3) is 5.56 Å². The van der Waals surface area contributed by atoms with E-state index < -0.39 is 0 Å². The second-order valence-electron chi connectivity index (χ2n) is 9.70. The zero-order valence-electron chi connectivity index (χ0n) is 21.8. The molecule has 1 atom stereocenters. The normalized spacial score (nSPS) is 14.8. The molecule has 6 rings (SSSR count). The molecule has 0 aliphatic carbocycles. The lowest BCUT2D eigenvalue weighted by Gasteiger charge is -2.22. The molecule has 1 aliphatic rings. The van der Waals surface area contributed by atoms with Gasteiger partial charge in [0.15, 0.2) is 0 Å². The maximum atomic E-state index is 13.7. The number of carbonyl (C=O) groups excluding carboxylic acids is 1. The summed E-state index contributed by atoms with van der Waals surface area (Å²) in [7, 11) is 1.62. The number of methoxy groups -OCH3 is 1. The lowest BCUT2D eigenvalue weighted by molar-refractivity contribution is -0.132. The summed E-state index contributed by atoms with van der Waals surface area (Å²) in [4.78, 5) is 30.4. The summed E-state index contributed by atoms with van der Waals surface area (Å²) in [5.41, 5.74) is 4.81. The molecular formula is C33H26ClN3O3. The number of nitrogens with one attached hydrogen (secondary N) is 1. The van der Waals surface area contributed by atoms with Gasteiger partial charge in [0.05, 0.1) is 30.8 Å². The fraction of sp³-hybridized carbons (Fsp3) is 0.121. The lowest BCUT2D eigenvalue weighted by atomic mass is 9.91. The summed E-state index contributed by atoms with van der Waals surface area (Å²) in [5.74, 6) is 0.572. The second kappa shape index (κ2) is 10.8. The van der Waals surface area contributed by atoms with Gasteiger partial charge in [-0.05, 0) is 47.0 Å². The van der Waals surface area contributed by atoms with Crippen molar-refractivity contribution in [1.29, 1.82) is 0 Å². The summed E-state index contributed by atoms with van der Waals surface area (Å²) in [6.45, 7) is 0. The van der Waals surface area contributed by atoms with E-state index in [1.807, 2.05) is 97.1 Å². The van der Waals surface area contributed by atoms with Crippen LogP contribution in [-0.4, -0.2) is 28.7 Å². The van der Waals surface area contributed by atoms with Gasteiger partial charge in [-0.2, -0.15) is 5.10 Å². The summed E-state index contributed by atoms with van der Waals surface area (Å²) >= 11 is 6.41.